The first kappa shape index (κ1) is 13.8. The molecule has 0 bridgehead atoms. The second-order valence-corrected chi connectivity index (χ2v) is 5.54. The van der Waals surface area contributed by atoms with Crippen LogP contribution in [0.15, 0.2) is 30.5 Å². The van der Waals surface area contributed by atoms with Gasteiger partial charge in [0.1, 0.15) is 0 Å². The monoisotopic (exact) mass is 285 g/mol. The molecule has 0 atom stereocenters. The predicted molar refractivity (Wildman–Crippen MR) is 78.9 cm³/mol. The minimum absolute atomic E-state index is 0.103. The van der Waals surface area contributed by atoms with Crippen LogP contribution >= 0.6 is 0 Å². The molecule has 1 aromatic heterocycles. The van der Waals surface area contributed by atoms with Crippen molar-refractivity contribution >= 4 is 5.91 Å². The molecule has 0 unspecified atom stereocenters. The van der Waals surface area contributed by atoms with Crippen LogP contribution in [0.3, 0.4) is 0 Å². The Bertz CT molecular complexity index is 630. The summed E-state index contributed by atoms with van der Waals surface area (Å²) >= 11 is 0. The van der Waals surface area contributed by atoms with Crippen molar-refractivity contribution in [1.29, 1.82) is 0 Å². The number of hydrogen-bond acceptors (Lipinski definition) is 4. The number of benzene rings is 1. The molecule has 0 saturated carbocycles. The Kier molecular flexibility index (Phi) is 3.70. The van der Waals surface area contributed by atoms with E-state index in [9.17, 15) is 4.79 Å². The topological polar surface area (TPSA) is 63.1 Å². The highest BCUT2D eigenvalue weighted by Gasteiger charge is 2.22. The summed E-state index contributed by atoms with van der Waals surface area (Å²) < 4.78 is 1.77. The third-order valence-corrected chi connectivity index (χ3v) is 3.75. The average molecular weight is 285 g/mol. The standard InChI is InChI=1S/C15H19N5O/c1-11-3-5-12(6-4-11)9-19(2)15(21)14-10-20(18-17-14)13-7-16-8-13/h3-6,10,13,16H,7-9H2,1-2H3. The Morgan fingerprint density at radius 1 is 1.38 bits per heavy atom. The molecule has 1 fully saturated rings. The third kappa shape index (κ3) is 2.95. The molecule has 6 heteroatoms. The largest absolute Gasteiger partial charge is 0.336 e. The van der Waals surface area contributed by atoms with E-state index in [0.29, 0.717) is 18.3 Å². The summed E-state index contributed by atoms with van der Waals surface area (Å²) in [5.41, 5.74) is 2.72. The fourth-order valence-electron chi connectivity index (χ4n) is 2.25. The van der Waals surface area contributed by atoms with Gasteiger partial charge in [-0.05, 0) is 12.5 Å². The minimum Gasteiger partial charge on any atom is -0.336 e. The lowest BCUT2D eigenvalue weighted by atomic mass is 10.1. The summed E-state index contributed by atoms with van der Waals surface area (Å²) in [5, 5.41) is 11.2. The molecule has 1 aliphatic rings. The molecule has 0 radical (unpaired) electrons. The van der Waals surface area contributed by atoms with Crippen LogP contribution in [0.25, 0.3) is 0 Å². The molecule has 3 rings (SSSR count). The maximum Gasteiger partial charge on any atom is 0.276 e. The van der Waals surface area contributed by atoms with Crippen molar-refractivity contribution in [3.63, 3.8) is 0 Å². The molecule has 1 aliphatic heterocycles. The molecule has 1 saturated heterocycles. The van der Waals surface area contributed by atoms with E-state index in [2.05, 4.69) is 15.6 Å². The van der Waals surface area contributed by atoms with Crippen LogP contribution in [0.5, 0.6) is 0 Å². The highest BCUT2D eigenvalue weighted by molar-refractivity contribution is 5.91. The number of carbonyl (C=O) groups excluding carboxylic acids is 1. The van der Waals surface area contributed by atoms with Gasteiger partial charge in [0.2, 0.25) is 0 Å². The summed E-state index contributed by atoms with van der Waals surface area (Å²) in [6.45, 7) is 4.38. The number of nitrogens with one attached hydrogen (secondary N) is 1. The number of aromatic nitrogens is 3. The van der Waals surface area contributed by atoms with Crippen molar-refractivity contribution < 1.29 is 4.79 Å². The van der Waals surface area contributed by atoms with Crippen LogP contribution in [0.1, 0.15) is 27.7 Å². The SMILES string of the molecule is Cc1ccc(CN(C)C(=O)c2cn(C3CNC3)nn2)cc1. The van der Waals surface area contributed by atoms with Gasteiger partial charge in [0, 0.05) is 26.7 Å². The van der Waals surface area contributed by atoms with E-state index in [4.69, 9.17) is 0 Å². The zero-order chi connectivity index (χ0) is 14.8. The number of hydrogen-bond donors (Lipinski definition) is 1. The number of amides is 1. The van der Waals surface area contributed by atoms with Gasteiger partial charge in [0.25, 0.3) is 5.91 Å². The van der Waals surface area contributed by atoms with Gasteiger partial charge in [0.15, 0.2) is 5.69 Å². The van der Waals surface area contributed by atoms with Gasteiger partial charge in [-0.3, -0.25) is 4.79 Å². The van der Waals surface area contributed by atoms with Gasteiger partial charge in [0.05, 0.1) is 12.2 Å². The highest BCUT2D eigenvalue weighted by atomic mass is 16.2. The summed E-state index contributed by atoms with van der Waals surface area (Å²) in [6.07, 6.45) is 1.74. The first-order valence-corrected chi connectivity index (χ1v) is 7.07. The lowest BCUT2D eigenvalue weighted by Gasteiger charge is -2.26. The molecular formula is C15H19N5O. The van der Waals surface area contributed by atoms with E-state index in [1.165, 1.54) is 5.56 Å². The van der Waals surface area contributed by atoms with Gasteiger partial charge in [-0.15, -0.1) is 5.10 Å². The Labute approximate surface area is 123 Å². The Morgan fingerprint density at radius 2 is 2.10 bits per heavy atom. The highest BCUT2D eigenvalue weighted by Crippen LogP contribution is 2.12. The number of carbonyl (C=O) groups is 1. The van der Waals surface area contributed by atoms with Crippen LogP contribution in [0.2, 0.25) is 0 Å². The van der Waals surface area contributed by atoms with Gasteiger partial charge in [-0.2, -0.15) is 0 Å². The minimum atomic E-state index is -0.103. The first-order valence-electron chi connectivity index (χ1n) is 7.07. The third-order valence-electron chi connectivity index (χ3n) is 3.75. The molecule has 2 aromatic rings. The van der Waals surface area contributed by atoms with Crippen molar-refractivity contribution in [3.8, 4) is 0 Å². The van der Waals surface area contributed by atoms with Crippen molar-refractivity contribution in [2.75, 3.05) is 20.1 Å². The molecule has 1 amide bonds. The second-order valence-electron chi connectivity index (χ2n) is 5.54. The normalized spacial score (nSPS) is 14.8. The number of aryl methyl sites for hydroxylation is 1. The molecule has 0 spiro atoms. The Morgan fingerprint density at radius 3 is 2.71 bits per heavy atom. The van der Waals surface area contributed by atoms with Crippen LogP contribution < -0.4 is 5.32 Å². The smallest absolute Gasteiger partial charge is 0.276 e. The first-order chi connectivity index (χ1) is 10.1. The summed E-state index contributed by atoms with van der Waals surface area (Å²) in [5.74, 6) is -0.103. The molecule has 110 valence electrons. The maximum atomic E-state index is 12.4. The molecule has 6 nitrogen and oxygen atoms in total. The maximum absolute atomic E-state index is 12.4. The fraction of sp³-hybridized carbons (Fsp3) is 0.400. The van der Waals surface area contributed by atoms with Crippen molar-refractivity contribution in [2.24, 2.45) is 0 Å². The van der Waals surface area contributed by atoms with Crippen LogP contribution in [0.4, 0.5) is 0 Å². The number of nitrogens with zero attached hydrogens (tertiary/aromatic N) is 4. The lowest BCUT2D eigenvalue weighted by molar-refractivity contribution is 0.0779. The molecule has 21 heavy (non-hydrogen) atoms. The number of rotatable bonds is 4. The van der Waals surface area contributed by atoms with E-state index < -0.39 is 0 Å². The van der Waals surface area contributed by atoms with Crippen LogP contribution in [-0.4, -0.2) is 45.9 Å². The van der Waals surface area contributed by atoms with Gasteiger partial charge in [-0.25, -0.2) is 4.68 Å². The molecule has 2 heterocycles. The van der Waals surface area contributed by atoms with E-state index in [0.717, 1.165) is 18.7 Å². The van der Waals surface area contributed by atoms with Gasteiger partial charge in [-0.1, -0.05) is 35.0 Å². The quantitative estimate of drug-likeness (QED) is 0.910. The van der Waals surface area contributed by atoms with Crippen LogP contribution in [0, 0.1) is 6.92 Å². The fourth-order valence-corrected chi connectivity index (χ4v) is 2.25. The summed E-state index contributed by atoms with van der Waals surface area (Å²) in [7, 11) is 1.78. The zero-order valence-corrected chi connectivity index (χ0v) is 12.3. The van der Waals surface area contributed by atoms with Gasteiger partial charge < -0.3 is 10.2 Å². The van der Waals surface area contributed by atoms with E-state index >= 15 is 0 Å². The van der Waals surface area contributed by atoms with E-state index in [-0.39, 0.29) is 5.91 Å². The lowest BCUT2D eigenvalue weighted by Crippen LogP contribution is -2.43. The zero-order valence-electron chi connectivity index (χ0n) is 12.3. The molecule has 1 aromatic carbocycles. The second kappa shape index (κ2) is 5.65. The van der Waals surface area contributed by atoms with Crippen molar-refractivity contribution in [2.45, 2.75) is 19.5 Å². The van der Waals surface area contributed by atoms with E-state index in [1.807, 2.05) is 31.2 Å². The van der Waals surface area contributed by atoms with E-state index in [1.54, 1.807) is 22.8 Å². The molecule has 0 aliphatic carbocycles. The Balaban J connectivity index is 1.66. The molecule has 1 N–H and O–H groups in total. The van der Waals surface area contributed by atoms with Crippen molar-refractivity contribution in [3.05, 3.63) is 47.3 Å². The van der Waals surface area contributed by atoms with Crippen LogP contribution in [-0.2, 0) is 6.54 Å². The van der Waals surface area contributed by atoms with Gasteiger partial charge >= 0.3 is 0 Å². The summed E-state index contributed by atoms with van der Waals surface area (Å²) in [6, 6.07) is 8.49. The molecular weight excluding hydrogens is 266 g/mol. The van der Waals surface area contributed by atoms with Crippen molar-refractivity contribution in [1.82, 2.24) is 25.2 Å². The predicted octanol–water partition coefficient (Wildman–Crippen LogP) is 1.00. The summed E-state index contributed by atoms with van der Waals surface area (Å²) in [4.78, 5) is 14.0. The Hall–Kier alpha value is -2.21. The average Bonchev–Trinajstić information content (AvgIpc) is 2.87.